The maximum Gasteiger partial charge on any atom is 0.137 e. The Morgan fingerprint density at radius 3 is 2.73 bits per heavy atom. The highest BCUT2D eigenvalue weighted by Crippen LogP contribution is 2.26. The van der Waals surface area contributed by atoms with Gasteiger partial charge in [0.25, 0.3) is 0 Å². The van der Waals surface area contributed by atoms with E-state index in [1.807, 2.05) is 0 Å². The van der Waals surface area contributed by atoms with Gasteiger partial charge in [-0.05, 0) is 31.7 Å². The second kappa shape index (κ2) is 5.64. The van der Waals surface area contributed by atoms with Gasteiger partial charge in [-0.25, -0.2) is 0 Å². The number of Topliss-reactive ketones (excluding diaryl/α,β-unsaturated/α-hetero) is 1. The molecule has 0 spiro atoms. The van der Waals surface area contributed by atoms with Crippen LogP contribution < -0.4 is 0 Å². The van der Waals surface area contributed by atoms with E-state index in [9.17, 15) is 4.79 Å². The summed E-state index contributed by atoms with van der Waals surface area (Å²) in [5.74, 6) is 2.22. The molecule has 1 fully saturated rings. The van der Waals surface area contributed by atoms with Gasteiger partial charge in [-0.3, -0.25) is 4.79 Å². The smallest absolute Gasteiger partial charge is 0.137 e. The first-order valence-electron chi connectivity index (χ1n) is 6.20. The Labute approximate surface area is 94.0 Å². The molecule has 0 amide bonds. The first-order valence-corrected chi connectivity index (χ1v) is 6.20. The third-order valence-corrected chi connectivity index (χ3v) is 3.23. The number of carbonyl (C=O) groups excluding carboxylic acids is 1. The molecule has 0 aromatic heterocycles. The molecule has 2 unspecified atom stereocenters. The highest BCUT2D eigenvalue weighted by molar-refractivity contribution is 5.81. The van der Waals surface area contributed by atoms with Crippen molar-refractivity contribution < 1.29 is 4.79 Å². The molecule has 0 aromatic carbocycles. The molecule has 2 heteroatoms. The average Bonchev–Trinajstić information content (AvgIpc) is 2.10. The lowest BCUT2D eigenvalue weighted by Crippen LogP contribution is -2.35. The van der Waals surface area contributed by atoms with E-state index in [2.05, 4.69) is 32.7 Å². The molecule has 15 heavy (non-hydrogen) atoms. The molecule has 2 nitrogen and oxygen atoms in total. The second-order valence-electron chi connectivity index (χ2n) is 5.66. The Morgan fingerprint density at radius 2 is 2.13 bits per heavy atom. The molecule has 0 heterocycles. The van der Waals surface area contributed by atoms with Gasteiger partial charge in [-0.2, -0.15) is 0 Å². The number of carbonyl (C=O) groups is 1. The zero-order chi connectivity index (χ0) is 11.4. The number of nitrogens with zero attached hydrogens (tertiary/aromatic N) is 1. The summed E-state index contributed by atoms with van der Waals surface area (Å²) in [6.45, 7) is 8.77. The summed E-state index contributed by atoms with van der Waals surface area (Å²) in [7, 11) is 2.13. The topological polar surface area (TPSA) is 20.3 Å². The highest BCUT2D eigenvalue weighted by Gasteiger charge is 2.27. The van der Waals surface area contributed by atoms with Crippen LogP contribution in [0.1, 0.15) is 40.0 Å². The van der Waals surface area contributed by atoms with Gasteiger partial charge in [-0.15, -0.1) is 0 Å². The van der Waals surface area contributed by atoms with E-state index in [0.29, 0.717) is 17.6 Å². The molecule has 0 radical (unpaired) electrons. The van der Waals surface area contributed by atoms with Crippen LogP contribution in [0, 0.1) is 17.8 Å². The minimum atomic E-state index is 0.303. The van der Waals surface area contributed by atoms with Crippen molar-refractivity contribution in [1.82, 2.24) is 4.90 Å². The number of rotatable bonds is 4. The molecule has 1 saturated carbocycles. The summed E-state index contributed by atoms with van der Waals surface area (Å²) < 4.78 is 0. The van der Waals surface area contributed by atoms with E-state index in [1.165, 1.54) is 0 Å². The van der Waals surface area contributed by atoms with Crippen molar-refractivity contribution in [1.29, 1.82) is 0 Å². The van der Waals surface area contributed by atoms with E-state index in [-0.39, 0.29) is 0 Å². The van der Waals surface area contributed by atoms with Crippen molar-refractivity contribution in [3.05, 3.63) is 0 Å². The maximum atomic E-state index is 11.7. The Hall–Kier alpha value is -0.370. The third kappa shape index (κ3) is 4.33. The second-order valence-corrected chi connectivity index (χ2v) is 5.66. The summed E-state index contributed by atoms with van der Waals surface area (Å²) in [5.41, 5.74) is 0. The Bertz CT molecular complexity index is 213. The van der Waals surface area contributed by atoms with Gasteiger partial charge in [0.05, 0.1) is 0 Å². The molecule has 1 aliphatic carbocycles. The van der Waals surface area contributed by atoms with Crippen LogP contribution >= 0.6 is 0 Å². The van der Waals surface area contributed by atoms with Crippen LogP contribution in [0.3, 0.4) is 0 Å². The predicted molar refractivity (Wildman–Crippen MR) is 63.8 cm³/mol. The zero-order valence-electron chi connectivity index (χ0n) is 10.6. The van der Waals surface area contributed by atoms with Crippen LogP contribution in [0.5, 0.6) is 0 Å². The van der Waals surface area contributed by atoms with E-state index < -0.39 is 0 Å². The monoisotopic (exact) mass is 211 g/mol. The summed E-state index contributed by atoms with van der Waals surface area (Å²) in [6, 6.07) is 0. The average molecular weight is 211 g/mol. The van der Waals surface area contributed by atoms with Crippen molar-refractivity contribution in [3.63, 3.8) is 0 Å². The van der Waals surface area contributed by atoms with Crippen molar-refractivity contribution in [2.24, 2.45) is 17.8 Å². The number of hydrogen-bond acceptors (Lipinski definition) is 2. The van der Waals surface area contributed by atoms with Gasteiger partial charge in [0.15, 0.2) is 0 Å². The first kappa shape index (κ1) is 12.7. The fourth-order valence-electron chi connectivity index (χ4n) is 2.58. The summed E-state index contributed by atoms with van der Waals surface area (Å²) in [4.78, 5) is 14.0. The molecule has 88 valence electrons. The van der Waals surface area contributed by atoms with Gasteiger partial charge in [-0.1, -0.05) is 20.8 Å². The van der Waals surface area contributed by atoms with Crippen LogP contribution in [-0.4, -0.2) is 30.8 Å². The Kier molecular flexibility index (Phi) is 4.78. The Balaban J connectivity index is 2.38. The molecule has 1 aliphatic rings. The molecule has 1 rings (SSSR count). The summed E-state index contributed by atoms with van der Waals surface area (Å²) in [5, 5.41) is 0. The van der Waals surface area contributed by atoms with Crippen molar-refractivity contribution in [2.45, 2.75) is 40.0 Å². The maximum absolute atomic E-state index is 11.7. The van der Waals surface area contributed by atoms with Crippen LogP contribution in [0.2, 0.25) is 0 Å². The van der Waals surface area contributed by atoms with Crippen molar-refractivity contribution in [3.8, 4) is 0 Å². The quantitative estimate of drug-likeness (QED) is 0.712. The Morgan fingerprint density at radius 1 is 1.47 bits per heavy atom. The minimum Gasteiger partial charge on any atom is -0.305 e. The fraction of sp³-hybridized carbons (Fsp3) is 0.923. The summed E-state index contributed by atoms with van der Waals surface area (Å²) >= 11 is 0. The molecule has 2 atom stereocenters. The number of ketones is 1. The highest BCUT2D eigenvalue weighted by atomic mass is 16.1. The lowest BCUT2D eigenvalue weighted by Gasteiger charge is -2.29. The van der Waals surface area contributed by atoms with Crippen molar-refractivity contribution in [2.75, 3.05) is 20.1 Å². The molecule has 0 N–H and O–H groups in total. The lowest BCUT2D eigenvalue weighted by atomic mass is 9.81. The molecule has 0 aromatic rings. The van der Waals surface area contributed by atoms with Gasteiger partial charge in [0.2, 0.25) is 0 Å². The third-order valence-electron chi connectivity index (χ3n) is 3.23. The SMILES string of the molecule is CC(C)CN(C)CC1CC(C)CCC1=O. The molecular weight excluding hydrogens is 186 g/mol. The number of hydrogen-bond donors (Lipinski definition) is 0. The van der Waals surface area contributed by atoms with Crippen LogP contribution in [0.4, 0.5) is 0 Å². The van der Waals surface area contributed by atoms with Crippen LogP contribution in [0.15, 0.2) is 0 Å². The van der Waals surface area contributed by atoms with Crippen LogP contribution in [-0.2, 0) is 4.79 Å². The molecular formula is C13H25NO. The minimum absolute atomic E-state index is 0.303. The molecule has 0 saturated heterocycles. The summed E-state index contributed by atoms with van der Waals surface area (Å²) in [6.07, 6.45) is 3.01. The molecule has 0 aliphatic heterocycles. The normalized spacial score (nSPS) is 27.7. The van der Waals surface area contributed by atoms with E-state index >= 15 is 0 Å². The molecule has 0 bridgehead atoms. The van der Waals surface area contributed by atoms with Gasteiger partial charge in [0, 0.05) is 25.4 Å². The van der Waals surface area contributed by atoms with E-state index in [1.54, 1.807) is 0 Å². The van der Waals surface area contributed by atoms with E-state index in [0.717, 1.165) is 38.3 Å². The van der Waals surface area contributed by atoms with Gasteiger partial charge < -0.3 is 4.90 Å². The zero-order valence-corrected chi connectivity index (χ0v) is 10.6. The van der Waals surface area contributed by atoms with Crippen molar-refractivity contribution >= 4 is 5.78 Å². The van der Waals surface area contributed by atoms with E-state index in [4.69, 9.17) is 0 Å². The fourth-order valence-corrected chi connectivity index (χ4v) is 2.58. The van der Waals surface area contributed by atoms with Gasteiger partial charge >= 0.3 is 0 Å². The first-order chi connectivity index (χ1) is 6.99. The van der Waals surface area contributed by atoms with Gasteiger partial charge in [0.1, 0.15) is 5.78 Å². The van der Waals surface area contributed by atoms with Crippen LogP contribution in [0.25, 0.3) is 0 Å². The standard InChI is InChI=1S/C13H25NO/c1-10(2)8-14(4)9-12-7-11(3)5-6-13(12)15/h10-12H,5-9H2,1-4H3. The lowest BCUT2D eigenvalue weighted by molar-refractivity contribution is -0.126. The largest absolute Gasteiger partial charge is 0.305 e. The predicted octanol–water partition coefficient (Wildman–Crippen LogP) is 2.58.